The van der Waals surface area contributed by atoms with E-state index in [1.54, 1.807) is 11.0 Å². The molecule has 7 heteroatoms. The summed E-state index contributed by atoms with van der Waals surface area (Å²) >= 11 is 1.35. The molecule has 0 aliphatic heterocycles. The van der Waals surface area contributed by atoms with Crippen LogP contribution in [0.3, 0.4) is 0 Å². The molecule has 27 heavy (non-hydrogen) atoms. The van der Waals surface area contributed by atoms with Crippen molar-refractivity contribution in [3.8, 4) is 0 Å². The first-order valence-corrected chi connectivity index (χ1v) is 9.31. The Kier molecular flexibility index (Phi) is 7.30. The number of halogens is 2. The molecule has 0 saturated carbocycles. The van der Waals surface area contributed by atoms with E-state index < -0.39 is 0 Å². The minimum Gasteiger partial charge on any atom is -0.308 e. The first-order valence-electron chi connectivity index (χ1n) is 8.50. The van der Waals surface area contributed by atoms with Crippen molar-refractivity contribution >= 4 is 45.0 Å². The predicted molar refractivity (Wildman–Crippen MR) is 113 cm³/mol. The maximum absolute atomic E-state index is 14.0. The summed E-state index contributed by atoms with van der Waals surface area (Å²) in [6.07, 6.45) is 0.299. The molecule has 1 aromatic heterocycles. The number of carbonyl (C=O) groups is 1. The predicted octanol–water partition coefficient (Wildman–Crippen LogP) is 4.30. The van der Waals surface area contributed by atoms with Gasteiger partial charge in [0.15, 0.2) is 5.13 Å². The lowest BCUT2D eigenvalue weighted by molar-refractivity contribution is -0.118. The molecule has 3 rings (SSSR count). The molecule has 0 saturated heterocycles. The van der Waals surface area contributed by atoms with Crippen LogP contribution in [0.2, 0.25) is 0 Å². The number of benzene rings is 2. The summed E-state index contributed by atoms with van der Waals surface area (Å²) in [4.78, 5) is 21.1. The minimum absolute atomic E-state index is 0. The average molecular weight is 408 g/mol. The van der Waals surface area contributed by atoms with E-state index >= 15 is 0 Å². The van der Waals surface area contributed by atoms with Crippen molar-refractivity contribution < 1.29 is 9.18 Å². The third-order valence-corrected chi connectivity index (χ3v) is 5.14. The van der Waals surface area contributed by atoms with Crippen LogP contribution in [0.15, 0.2) is 42.5 Å². The molecule has 2 aromatic carbocycles. The molecule has 0 spiro atoms. The standard InChI is InChI=1S/C20H22FN3OS.ClH/c1-14-6-4-7-15(12-14)13-18(25)24(11-10-23(2)3)20-22-19-16(21)8-5-9-17(19)26-20;/h4-9,12H,10-11,13H2,1-3H3;1H. The number of nitrogens with zero attached hydrogens (tertiary/aromatic N) is 3. The zero-order valence-electron chi connectivity index (χ0n) is 15.6. The van der Waals surface area contributed by atoms with Crippen LogP contribution < -0.4 is 4.90 Å². The first kappa shape index (κ1) is 21.3. The third kappa shape index (κ3) is 5.25. The monoisotopic (exact) mass is 407 g/mol. The van der Waals surface area contributed by atoms with Gasteiger partial charge in [0.05, 0.1) is 11.1 Å². The molecule has 0 radical (unpaired) electrons. The Hall–Kier alpha value is -2.02. The van der Waals surface area contributed by atoms with Crippen molar-refractivity contribution in [2.45, 2.75) is 13.3 Å². The van der Waals surface area contributed by atoms with Crippen LogP contribution in [0.4, 0.5) is 9.52 Å². The normalized spacial score (nSPS) is 10.9. The van der Waals surface area contributed by atoms with E-state index in [0.29, 0.717) is 30.2 Å². The molecule has 0 atom stereocenters. The summed E-state index contributed by atoms with van der Waals surface area (Å²) in [5, 5.41) is 0.546. The molecular formula is C20H23ClFN3OS. The van der Waals surface area contributed by atoms with Crippen LogP contribution in [0, 0.1) is 12.7 Å². The number of anilines is 1. The second-order valence-electron chi connectivity index (χ2n) is 6.60. The van der Waals surface area contributed by atoms with Crippen molar-refractivity contribution in [1.82, 2.24) is 9.88 Å². The van der Waals surface area contributed by atoms with Gasteiger partial charge >= 0.3 is 0 Å². The number of aromatic nitrogens is 1. The Labute approximate surface area is 169 Å². The molecular weight excluding hydrogens is 385 g/mol. The minimum atomic E-state index is -0.358. The molecule has 4 nitrogen and oxygen atoms in total. The molecule has 0 aliphatic rings. The Morgan fingerprint density at radius 2 is 1.89 bits per heavy atom. The fraction of sp³-hybridized carbons (Fsp3) is 0.300. The summed E-state index contributed by atoms with van der Waals surface area (Å²) in [5.41, 5.74) is 2.42. The number of fused-ring (bicyclic) bond motifs is 1. The van der Waals surface area contributed by atoms with Gasteiger partial charge in [-0.1, -0.05) is 47.2 Å². The largest absolute Gasteiger partial charge is 0.308 e. The fourth-order valence-corrected chi connectivity index (χ4v) is 3.76. The summed E-state index contributed by atoms with van der Waals surface area (Å²) in [5.74, 6) is -0.388. The number of carbonyl (C=O) groups excluding carboxylic acids is 1. The van der Waals surface area contributed by atoms with Crippen LogP contribution in [0.25, 0.3) is 10.2 Å². The molecule has 1 heterocycles. The fourth-order valence-electron chi connectivity index (χ4n) is 2.74. The van der Waals surface area contributed by atoms with Crippen molar-refractivity contribution in [1.29, 1.82) is 0 Å². The van der Waals surface area contributed by atoms with Crippen LogP contribution in [0.5, 0.6) is 0 Å². The zero-order valence-corrected chi connectivity index (χ0v) is 17.2. The van der Waals surface area contributed by atoms with Crippen LogP contribution >= 0.6 is 23.7 Å². The van der Waals surface area contributed by atoms with Gasteiger partial charge in [-0.15, -0.1) is 12.4 Å². The van der Waals surface area contributed by atoms with Gasteiger partial charge in [0.25, 0.3) is 0 Å². The molecule has 0 N–H and O–H groups in total. The van der Waals surface area contributed by atoms with E-state index in [1.165, 1.54) is 17.4 Å². The van der Waals surface area contributed by atoms with E-state index in [2.05, 4.69) is 4.98 Å². The highest BCUT2D eigenvalue weighted by Gasteiger charge is 2.21. The van der Waals surface area contributed by atoms with Gasteiger partial charge < -0.3 is 4.90 Å². The molecule has 0 fully saturated rings. The Morgan fingerprint density at radius 3 is 2.56 bits per heavy atom. The van der Waals surface area contributed by atoms with Crippen molar-refractivity contribution in [2.75, 3.05) is 32.1 Å². The van der Waals surface area contributed by atoms with Gasteiger partial charge in [0.1, 0.15) is 11.3 Å². The average Bonchev–Trinajstić information content (AvgIpc) is 3.00. The molecule has 1 amide bonds. The lowest BCUT2D eigenvalue weighted by Crippen LogP contribution is -2.37. The second-order valence-corrected chi connectivity index (χ2v) is 7.61. The summed E-state index contributed by atoms with van der Waals surface area (Å²) < 4.78 is 14.8. The number of aryl methyl sites for hydroxylation is 1. The quantitative estimate of drug-likeness (QED) is 0.611. The van der Waals surface area contributed by atoms with E-state index in [9.17, 15) is 9.18 Å². The van der Waals surface area contributed by atoms with Gasteiger partial charge in [-0.2, -0.15) is 0 Å². The molecule has 0 bridgehead atoms. The van der Waals surface area contributed by atoms with Gasteiger partial charge in [-0.3, -0.25) is 9.69 Å². The first-order chi connectivity index (χ1) is 12.4. The number of thiazole rings is 1. The van der Waals surface area contributed by atoms with Gasteiger partial charge in [0.2, 0.25) is 5.91 Å². The highest BCUT2D eigenvalue weighted by atomic mass is 35.5. The number of amides is 1. The maximum Gasteiger partial charge on any atom is 0.233 e. The highest BCUT2D eigenvalue weighted by Crippen LogP contribution is 2.30. The van der Waals surface area contributed by atoms with Crippen LogP contribution in [0.1, 0.15) is 11.1 Å². The van der Waals surface area contributed by atoms with Crippen molar-refractivity contribution in [3.05, 3.63) is 59.4 Å². The van der Waals surface area contributed by atoms with E-state index in [4.69, 9.17) is 0 Å². The second kappa shape index (κ2) is 9.26. The van der Waals surface area contributed by atoms with Crippen molar-refractivity contribution in [3.63, 3.8) is 0 Å². The van der Waals surface area contributed by atoms with Crippen molar-refractivity contribution in [2.24, 2.45) is 0 Å². The topological polar surface area (TPSA) is 36.4 Å². The Balaban J connectivity index is 0.00000261. The summed E-state index contributed by atoms with van der Waals surface area (Å²) in [7, 11) is 3.92. The maximum atomic E-state index is 14.0. The van der Waals surface area contributed by atoms with Crippen LogP contribution in [-0.4, -0.2) is 43.0 Å². The highest BCUT2D eigenvalue weighted by molar-refractivity contribution is 7.22. The number of hydrogen-bond donors (Lipinski definition) is 0. The molecule has 144 valence electrons. The number of likely N-dealkylation sites (N-methyl/N-ethyl adjacent to an activating group) is 1. The lowest BCUT2D eigenvalue weighted by Gasteiger charge is -2.22. The van der Waals surface area contributed by atoms with Gasteiger partial charge in [-0.05, 0) is 38.7 Å². The number of hydrogen-bond acceptors (Lipinski definition) is 4. The number of rotatable bonds is 6. The molecule has 0 aliphatic carbocycles. The van der Waals surface area contributed by atoms with E-state index in [0.717, 1.165) is 15.8 Å². The van der Waals surface area contributed by atoms with Crippen LogP contribution in [-0.2, 0) is 11.2 Å². The molecule has 3 aromatic rings. The summed E-state index contributed by atoms with van der Waals surface area (Å²) in [6.45, 7) is 3.23. The number of para-hydroxylation sites is 1. The van der Waals surface area contributed by atoms with Gasteiger partial charge in [0, 0.05) is 13.1 Å². The lowest BCUT2D eigenvalue weighted by atomic mass is 10.1. The third-order valence-electron chi connectivity index (χ3n) is 4.10. The van der Waals surface area contributed by atoms with E-state index in [1.807, 2.05) is 56.3 Å². The smallest absolute Gasteiger partial charge is 0.233 e. The SMILES string of the molecule is Cc1cccc(CC(=O)N(CCN(C)C)c2nc3c(F)cccc3s2)c1.Cl. The summed E-state index contributed by atoms with van der Waals surface area (Å²) in [6, 6.07) is 12.8. The Morgan fingerprint density at radius 1 is 1.15 bits per heavy atom. The molecule has 0 unspecified atom stereocenters. The van der Waals surface area contributed by atoms with E-state index in [-0.39, 0.29) is 24.1 Å². The Bertz CT molecular complexity index is 928. The zero-order chi connectivity index (χ0) is 18.7. The van der Waals surface area contributed by atoms with Gasteiger partial charge in [-0.25, -0.2) is 9.37 Å².